The van der Waals surface area contributed by atoms with Crippen molar-refractivity contribution in [3.63, 3.8) is 0 Å². The fourth-order valence-corrected chi connectivity index (χ4v) is 4.66. The zero-order valence-electron chi connectivity index (χ0n) is 14.1. The average molecular weight is 441 g/mol. The van der Waals surface area contributed by atoms with E-state index in [0.717, 1.165) is 24.3 Å². The van der Waals surface area contributed by atoms with E-state index in [-0.39, 0.29) is 21.2 Å². The summed E-state index contributed by atoms with van der Waals surface area (Å²) in [6.07, 6.45) is 0. The van der Waals surface area contributed by atoms with Gasteiger partial charge in [0, 0.05) is 5.02 Å². The van der Waals surface area contributed by atoms with E-state index in [1.165, 1.54) is 36.4 Å². The van der Waals surface area contributed by atoms with Gasteiger partial charge in [-0.1, -0.05) is 23.7 Å². The number of nitrogens with one attached hydrogen (secondary N) is 2. The summed E-state index contributed by atoms with van der Waals surface area (Å²) >= 11 is 5.85. The first kappa shape index (κ1) is 20.1. The quantitative estimate of drug-likeness (QED) is 0.604. The number of hydrogen-bond acceptors (Lipinski definition) is 4. The van der Waals surface area contributed by atoms with E-state index < -0.39 is 25.9 Å². The highest BCUT2D eigenvalue weighted by Crippen LogP contribution is 2.23. The minimum atomic E-state index is -4.01. The molecule has 6 nitrogen and oxygen atoms in total. The smallest absolute Gasteiger partial charge is 0.261 e. The van der Waals surface area contributed by atoms with Gasteiger partial charge in [0.15, 0.2) is 0 Å². The molecule has 3 aromatic rings. The van der Waals surface area contributed by atoms with Gasteiger partial charge in [-0.3, -0.25) is 9.44 Å². The van der Waals surface area contributed by atoms with Crippen molar-refractivity contribution in [2.24, 2.45) is 0 Å². The van der Waals surface area contributed by atoms with Crippen molar-refractivity contribution in [3.8, 4) is 0 Å². The van der Waals surface area contributed by atoms with E-state index in [4.69, 9.17) is 11.6 Å². The predicted octanol–water partition coefficient (Wildman–Crippen LogP) is 4.08. The van der Waals surface area contributed by atoms with Gasteiger partial charge in [-0.25, -0.2) is 21.2 Å². The first-order chi connectivity index (χ1) is 13.2. The van der Waals surface area contributed by atoms with Crippen LogP contribution < -0.4 is 9.44 Å². The van der Waals surface area contributed by atoms with E-state index in [9.17, 15) is 21.2 Å². The van der Waals surface area contributed by atoms with Crippen LogP contribution in [0.25, 0.3) is 0 Å². The summed E-state index contributed by atoms with van der Waals surface area (Å²) in [5.41, 5.74) is 0.308. The van der Waals surface area contributed by atoms with Crippen LogP contribution in [0.1, 0.15) is 0 Å². The van der Waals surface area contributed by atoms with Crippen molar-refractivity contribution >= 4 is 43.0 Å². The molecule has 0 bridgehead atoms. The number of rotatable bonds is 6. The summed E-state index contributed by atoms with van der Waals surface area (Å²) < 4.78 is 67.5. The van der Waals surface area contributed by atoms with E-state index in [1.807, 2.05) is 0 Å². The molecule has 0 aromatic heterocycles. The van der Waals surface area contributed by atoms with Crippen molar-refractivity contribution < 1.29 is 21.2 Å². The van der Waals surface area contributed by atoms with Crippen LogP contribution >= 0.6 is 11.6 Å². The maximum absolute atomic E-state index is 13.0. The fourth-order valence-electron chi connectivity index (χ4n) is 2.32. The van der Waals surface area contributed by atoms with Crippen LogP contribution in [0.2, 0.25) is 5.02 Å². The number of anilines is 2. The molecule has 2 N–H and O–H groups in total. The molecule has 0 aliphatic heterocycles. The molecule has 10 heteroatoms. The number of sulfonamides is 2. The molecule has 3 rings (SSSR count). The standard InChI is InChI=1S/C18H14ClFN2O4S2/c19-13-3-1-4-15(11-13)21-28(25,26)18-6-2-5-16(12-18)22-27(23,24)17-9-7-14(20)8-10-17/h1-12,21-22H. The molecule has 0 saturated heterocycles. The zero-order chi connectivity index (χ0) is 20.4. The van der Waals surface area contributed by atoms with Crippen molar-refractivity contribution in [1.29, 1.82) is 0 Å². The Bertz CT molecular complexity index is 1210. The van der Waals surface area contributed by atoms with Crippen LogP contribution in [-0.4, -0.2) is 16.8 Å². The lowest BCUT2D eigenvalue weighted by Gasteiger charge is -2.11. The first-order valence-electron chi connectivity index (χ1n) is 7.83. The van der Waals surface area contributed by atoms with Gasteiger partial charge in [-0.2, -0.15) is 0 Å². The summed E-state index contributed by atoms with van der Waals surface area (Å²) in [5, 5.41) is 0.362. The van der Waals surface area contributed by atoms with Crippen molar-refractivity contribution in [1.82, 2.24) is 0 Å². The maximum atomic E-state index is 13.0. The molecule has 0 spiro atoms. The van der Waals surface area contributed by atoms with Gasteiger partial charge in [-0.15, -0.1) is 0 Å². The van der Waals surface area contributed by atoms with E-state index in [1.54, 1.807) is 12.1 Å². The van der Waals surface area contributed by atoms with Gasteiger partial charge in [-0.05, 0) is 60.7 Å². The van der Waals surface area contributed by atoms with Crippen molar-refractivity contribution in [3.05, 3.63) is 83.6 Å². The topological polar surface area (TPSA) is 92.3 Å². The summed E-state index contributed by atoms with van der Waals surface area (Å²) in [5.74, 6) is -0.570. The van der Waals surface area contributed by atoms with Gasteiger partial charge < -0.3 is 0 Å². The normalized spacial score (nSPS) is 11.8. The van der Waals surface area contributed by atoms with Gasteiger partial charge in [0.25, 0.3) is 20.0 Å². The molecule has 28 heavy (non-hydrogen) atoms. The Morgan fingerprint density at radius 2 is 1.21 bits per heavy atom. The van der Waals surface area contributed by atoms with Crippen LogP contribution in [0.3, 0.4) is 0 Å². The molecule has 146 valence electrons. The summed E-state index contributed by atoms with van der Waals surface area (Å²) in [4.78, 5) is -0.300. The summed E-state index contributed by atoms with van der Waals surface area (Å²) in [6, 6.07) is 15.7. The van der Waals surface area contributed by atoms with Crippen LogP contribution in [0, 0.1) is 5.82 Å². The summed E-state index contributed by atoms with van der Waals surface area (Å²) in [7, 11) is -7.98. The highest BCUT2D eigenvalue weighted by molar-refractivity contribution is 7.93. The monoisotopic (exact) mass is 440 g/mol. The highest BCUT2D eigenvalue weighted by atomic mass is 35.5. The highest BCUT2D eigenvalue weighted by Gasteiger charge is 2.18. The SMILES string of the molecule is O=S(=O)(Nc1cccc(S(=O)(=O)Nc2cccc(Cl)c2)c1)c1ccc(F)cc1. The number of hydrogen-bond donors (Lipinski definition) is 2. The molecule has 0 fully saturated rings. The third-order valence-corrected chi connectivity index (χ3v) is 6.61. The number of halogens is 2. The lowest BCUT2D eigenvalue weighted by Crippen LogP contribution is -2.15. The Morgan fingerprint density at radius 3 is 1.82 bits per heavy atom. The van der Waals surface area contributed by atoms with Gasteiger partial charge in [0.05, 0.1) is 21.2 Å². The number of benzene rings is 3. The maximum Gasteiger partial charge on any atom is 0.261 e. The Morgan fingerprint density at radius 1 is 0.679 bits per heavy atom. The van der Waals surface area contributed by atoms with E-state index in [0.29, 0.717) is 5.02 Å². The third-order valence-electron chi connectivity index (χ3n) is 3.60. The van der Waals surface area contributed by atoms with Crippen molar-refractivity contribution in [2.75, 3.05) is 9.44 Å². The Hall–Kier alpha value is -2.62. The lowest BCUT2D eigenvalue weighted by atomic mass is 10.3. The van der Waals surface area contributed by atoms with Gasteiger partial charge in [0.2, 0.25) is 0 Å². The molecule has 0 saturated carbocycles. The molecule has 0 aliphatic rings. The van der Waals surface area contributed by atoms with E-state index in [2.05, 4.69) is 9.44 Å². The fraction of sp³-hybridized carbons (Fsp3) is 0. The largest absolute Gasteiger partial charge is 0.280 e. The second kappa shape index (κ2) is 7.78. The van der Waals surface area contributed by atoms with E-state index >= 15 is 0 Å². The second-order valence-corrected chi connectivity index (χ2v) is 9.50. The third kappa shape index (κ3) is 4.80. The lowest BCUT2D eigenvalue weighted by molar-refractivity contribution is 0.597. The molecular weight excluding hydrogens is 427 g/mol. The van der Waals surface area contributed by atoms with Crippen molar-refractivity contribution in [2.45, 2.75) is 9.79 Å². The molecule has 3 aromatic carbocycles. The molecule has 0 amide bonds. The Labute approximate surface area is 167 Å². The average Bonchev–Trinajstić information content (AvgIpc) is 2.61. The van der Waals surface area contributed by atoms with Crippen LogP contribution in [0.5, 0.6) is 0 Å². The van der Waals surface area contributed by atoms with Crippen LogP contribution in [0.15, 0.2) is 82.6 Å². The molecular formula is C18H14ClFN2O4S2. The molecule has 0 aliphatic carbocycles. The van der Waals surface area contributed by atoms with Crippen LogP contribution in [-0.2, 0) is 20.0 Å². The van der Waals surface area contributed by atoms with Crippen LogP contribution in [0.4, 0.5) is 15.8 Å². The Balaban J connectivity index is 1.86. The van der Waals surface area contributed by atoms with Gasteiger partial charge >= 0.3 is 0 Å². The minimum Gasteiger partial charge on any atom is -0.280 e. The first-order valence-corrected chi connectivity index (χ1v) is 11.2. The molecule has 0 atom stereocenters. The minimum absolute atomic E-state index is 0.0401. The molecule has 0 unspecified atom stereocenters. The summed E-state index contributed by atoms with van der Waals surface area (Å²) in [6.45, 7) is 0. The molecule has 0 heterocycles. The van der Waals surface area contributed by atoms with Gasteiger partial charge in [0.1, 0.15) is 5.82 Å². The zero-order valence-corrected chi connectivity index (χ0v) is 16.5. The molecule has 0 radical (unpaired) electrons. The predicted molar refractivity (Wildman–Crippen MR) is 106 cm³/mol. The Kier molecular flexibility index (Phi) is 5.59. The second-order valence-electron chi connectivity index (χ2n) is 5.70.